The van der Waals surface area contributed by atoms with Crippen molar-refractivity contribution in [2.24, 2.45) is 0 Å². The fourth-order valence-corrected chi connectivity index (χ4v) is 4.08. The maximum absolute atomic E-state index is 12.8. The molecule has 1 aromatic heterocycles. The minimum absolute atomic E-state index is 0.0996. The van der Waals surface area contributed by atoms with E-state index in [0.29, 0.717) is 28.9 Å². The van der Waals surface area contributed by atoms with Gasteiger partial charge in [-0.3, -0.25) is 9.69 Å². The molecular formula is C25H30N2O6. The molecule has 0 amide bonds. The highest BCUT2D eigenvalue weighted by molar-refractivity contribution is 5.83. The molecule has 1 aliphatic rings. The van der Waals surface area contributed by atoms with E-state index in [2.05, 4.69) is 15.9 Å². The lowest BCUT2D eigenvalue weighted by molar-refractivity contribution is 0.0540. The highest BCUT2D eigenvalue weighted by atomic mass is 16.5. The first-order valence-corrected chi connectivity index (χ1v) is 11.2. The van der Waals surface area contributed by atoms with Gasteiger partial charge in [-0.25, -0.2) is 0 Å². The molecule has 1 aliphatic heterocycles. The fourth-order valence-electron chi connectivity index (χ4n) is 4.08. The van der Waals surface area contributed by atoms with Gasteiger partial charge in [-0.05, 0) is 24.3 Å². The Morgan fingerprint density at radius 1 is 1.06 bits per heavy atom. The standard InChI is InChI=1S/C25H30N2O6/c1-31-22-6-3-2-5-20(22)27-13-11-26(12-14-27)10-9-19-15-21(30)25-23(32-17-18(29)16-28)7-4-8-24(25)33-19/h2-8,15,18,28-29H,9-14,16-17H2,1H3. The van der Waals surface area contributed by atoms with E-state index in [1.54, 1.807) is 25.3 Å². The van der Waals surface area contributed by atoms with E-state index in [-0.39, 0.29) is 12.0 Å². The lowest BCUT2D eigenvalue weighted by Gasteiger charge is -2.36. The van der Waals surface area contributed by atoms with Gasteiger partial charge in [0, 0.05) is 45.2 Å². The van der Waals surface area contributed by atoms with Crippen molar-refractivity contribution in [3.05, 3.63) is 64.5 Å². The summed E-state index contributed by atoms with van der Waals surface area (Å²) in [5.41, 5.74) is 1.39. The van der Waals surface area contributed by atoms with Crippen LogP contribution in [0.3, 0.4) is 0 Å². The van der Waals surface area contributed by atoms with Crippen molar-refractivity contribution in [3.8, 4) is 11.5 Å². The van der Waals surface area contributed by atoms with Crippen LogP contribution in [0.5, 0.6) is 11.5 Å². The predicted molar refractivity (Wildman–Crippen MR) is 126 cm³/mol. The fraction of sp³-hybridized carbons (Fsp3) is 0.400. The van der Waals surface area contributed by atoms with Crippen molar-refractivity contribution in [1.82, 2.24) is 4.90 Å². The third kappa shape index (κ3) is 5.47. The van der Waals surface area contributed by atoms with Crippen LogP contribution >= 0.6 is 0 Å². The summed E-state index contributed by atoms with van der Waals surface area (Å²) in [4.78, 5) is 17.5. The Labute approximate surface area is 192 Å². The average Bonchev–Trinajstić information content (AvgIpc) is 2.86. The van der Waals surface area contributed by atoms with Crippen molar-refractivity contribution < 1.29 is 24.1 Å². The number of piperazine rings is 1. The minimum atomic E-state index is -1.00. The molecule has 4 rings (SSSR count). The van der Waals surface area contributed by atoms with Crippen molar-refractivity contribution in [1.29, 1.82) is 0 Å². The van der Waals surface area contributed by atoms with Crippen molar-refractivity contribution >= 4 is 16.7 Å². The number of hydrogen-bond donors (Lipinski definition) is 2. The van der Waals surface area contributed by atoms with Crippen LogP contribution in [0.2, 0.25) is 0 Å². The van der Waals surface area contributed by atoms with Gasteiger partial charge in [-0.2, -0.15) is 0 Å². The van der Waals surface area contributed by atoms with E-state index in [0.717, 1.165) is 44.2 Å². The second kappa shape index (κ2) is 10.7. The first kappa shape index (κ1) is 23.1. The lowest BCUT2D eigenvalue weighted by Crippen LogP contribution is -2.47. The Morgan fingerprint density at radius 2 is 1.82 bits per heavy atom. The summed E-state index contributed by atoms with van der Waals surface area (Å²) in [6, 6.07) is 14.7. The number of methoxy groups -OCH3 is 1. The van der Waals surface area contributed by atoms with Crippen LogP contribution in [-0.2, 0) is 6.42 Å². The van der Waals surface area contributed by atoms with E-state index in [9.17, 15) is 9.90 Å². The van der Waals surface area contributed by atoms with Crippen LogP contribution < -0.4 is 19.8 Å². The molecule has 176 valence electrons. The van der Waals surface area contributed by atoms with Crippen LogP contribution in [0.25, 0.3) is 11.0 Å². The number of aliphatic hydroxyl groups is 2. The van der Waals surface area contributed by atoms with Gasteiger partial charge in [-0.1, -0.05) is 18.2 Å². The number of para-hydroxylation sites is 2. The molecule has 2 heterocycles. The molecule has 0 spiro atoms. The Kier molecular flexibility index (Phi) is 7.49. The smallest absolute Gasteiger partial charge is 0.196 e. The van der Waals surface area contributed by atoms with Crippen LogP contribution in [0.4, 0.5) is 5.69 Å². The summed E-state index contributed by atoms with van der Waals surface area (Å²) in [7, 11) is 1.69. The number of rotatable bonds is 9. The van der Waals surface area contributed by atoms with E-state index in [1.807, 2.05) is 18.2 Å². The SMILES string of the molecule is COc1ccccc1N1CCN(CCc2cc(=O)c3c(OCC(O)CO)cccc3o2)CC1. The Bertz CT molecular complexity index is 1120. The van der Waals surface area contributed by atoms with Crippen molar-refractivity contribution in [2.45, 2.75) is 12.5 Å². The van der Waals surface area contributed by atoms with E-state index in [4.69, 9.17) is 19.0 Å². The molecule has 8 nitrogen and oxygen atoms in total. The molecule has 0 radical (unpaired) electrons. The van der Waals surface area contributed by atoms with Gasteiger partial charge in [0.2, 0.25) is 0 Å². The summed E-state index contributed by atoms with van der Waals surface area (Å²) in [6.07, 6.45) is -0.372. The van der Waals surface area contributed by atoms with Crippen LogP contribution in [0, 0.1) is 0 Å². The zero-order chi connectivity index (χ0) is 23.2. The van der Waals surface area contributed by atoms with Crippen LogP contribution in [-0.4, -0.2) is 74.3 Å². The number of aliphatic hydroxyl groups excluding tert-OH is 2. The molecule has 33 heavy (non-hydrogen) atoms. The number of hydrogen-bond acceptors (Lipinski definition) is 8. The lowest BCUT2D eigenvalue weighted by atomic mass is 10.1. The van der Waals surface area contributed by atoms with E-state index in [1.165, 1.54) is 6.07 Å². The molecule has 3 aromatic rings. The number of ether oxygens (including phenoxy) is 2. The first-order valence-electron chi connectivity index (χ1n) is 11.2. The maximum Gasteiger partial charge on any atom is 0.196 e. The number of fused-ring (bicyclic) bond motifs is 1. The Morgan fingerprint density at radius 3 is 2.58 bits per heavy atom. The monoisotopic (exact) mass is 454 g/mol. The van der Waals surface area contributed by atoms with Crippen LogP contribution in [0.15, 0.2) is 57.7 Å². The summed E-state index contributed by atoms with van der Waals surface area (Å²) in [5.74, 6) is 1.86. The van der Waals surface area contributed by atoms with Crippen molar-refractivity contribution in [3.63, 3.8) is 0 Å². The second-order valence-corrected chi connectivity index (χ2v) is 8.10. The molecule has 0 bridgehead atoms. The molecule has 1 unspecified atom stereocenters. The third-order valence-corrected chi connectivity index (χ3v) is 5.88. The minimum Gasteiger partial charge on any atom is -0.495 e. The molecule has 1 atom stereocenters. The largest absolute Gasteiger partial charge is 0.495 e. The molecule has 1 saturated heterocycles. The summed E-state index contributed by atoms with van der Waals surface area (Å²) in [6.45, 7) is 3.94. The average molecular weight is 455 g/mol. The Hall–Kier alpha value is -3.07. The van der Waals surface area contributed by atoms with E-state index < -0.39 is 12.7 Å². The maximum atomic E-state index is 12.8. The predicted octanol–water partition coefficient (Wildman–Crippen LogP) is 1.90. The second-order valence-electron chi connectivity index (χ2n) is 8.10. The molecule has 8 heteroatoms. The number of benzene rings is 2. The molecule has 2 aromatic carbocycles. The molecule has 1 fully saturated rings. The van der Waals surface area contributed by atoms with Gasteiger partial charge in [0.25, 0.3) is 0 Å². The summed E-state index contributed by atoms with van der Waals surface area (Å²) < 4.78 is 17.0. The first-order chi connectivity index (χ1) is 16.1. The van der Waals surface area contributed by atoms with Gasteiger partial charge in [0.05, 0.1) is 19.4 Å². The quantitative estimate of drug-likeness (QED) is 0.506. The zero-order valence-corrected chi connectivity index (χ0v) is 18.8. The highest BCUT2D eigenvalue weighted by Gasteiger charge is 2.20. The van der Waals surface area contributed by atoms with Gasteiger partial charge in [0.1, 0.15) is 40.9 Å². The molecule has 0 saturated carbocycles. The van der Waals surface area contributed by atoms with Gasteiger partial charge in [-0.15, -0.1) is 0 Å². The van der Waals surface area contributed by atoms with Crippen LogP contribution in [0.1, 0.15) is 5.76 Å². The zero-order valence-electron chi connectivity index (χ0n) is 18.8. The number of anilines is 1. The topological polar surface area (TPSA) is 95.6 Å². The third-order valence-electron chi connectivity index (χ3n) is 5.88. The van der Waals surface area contributed by atoms with Gasteiger partial charge >= 0.3 is 0 Å². The van der Waals surface area contributed by atoms with Gasteiger partial charge in [0.15, 0.2) is 5.43 Å². The number of nitrogens with zero attached hydrogens (tertiary/aromatic N) is 2. The Balaban J connectivity index is 1.37. The summed E-state index contributed by atoms with van der Waals surface area (Å²) >= 11 is 0. The molecule has 0 aliphatic carbocycles. The molecule has 2 N–H and O–H groups in total. The normalized spacial score (nSPS) is 15.5. The van der Waals surface area contributed by atoms with E-state index >= 15 is 0 Å². The van der Waals surface area contributed by atoms with Crippen molar-refractivity contribution in [2.75, 3.05) is 57.9 Å². The molecular weight excluding hydrogens is 424 g/mol. The van der Waals surface area contributed by atoms with Gasteiger partial charge < -0.3 is 29.0 Å². The summed E-state index contributed by atoms with van der Waals surface area (Å²) in [5, 5.41) is 18.8. The highest BCUT2D eigenvalue weighted by Crippen LogP contribution is 2.28.